The quantitative estimate of drug-likeness (QED) is 0.877. The van der Waals surface area contributed by atoms with Crippen molar-refractivity contribution >= 4 is 29.2 Å². The minimum atomic E-state index is -1.05. The molecule has 1 aromatic rings. The van der Waals surface area contributed by atoms with Gasteiger partial charge in [-0.05, 0) is 37.1 Å². The van der Waals surface area contributed by atoms with Gasteiger partial charge in [0.1, 0.15) is 0 Å². The van der Waals surface area contributed by atoms with Gasteiger partial charge in [-0.1, -0.05) is 24.9 Å². The third-order valence-electron chi connectivity index (χ3n) is 3.80. The van der Waals surface area contributed by atoms with Crippen LogP contribution in [0.1, 0.15) is 30.1 Å². The minimum absolute atomic E-state index is 0.0990. The highest BCUT2D eigenvalue weighted by Gasteiger charge is 2.22. The van der Waals surface area contributed by atoms with Gasteiger partial charge in [0.15, 0.2) is 0 Å². The Morgan fingerprint density at radius 3 is 2.86 bits per heavy atom. The number of halogens is 1. The van der Waals surface area contributed by atoms with Gasteiger partial charge in [-0.2, -0.15) is 0 Å². The topological polar surface area (TPSA) is 69.6 Å². The molecule has 1 aliphatic rings. The SMILES string of the molecule is CCC1CCN(CC(=O)Nc2cc(C(=O)O)ccc2Cl)C1. The lowest BCUT2D eigenvalue weighted by atomic mass is 10.1. The number of carbonyl (C=O) groups is 2. The first-order valence-corrected chi connectivity index (χ1v) is 7.42. The maximum absolute atomic E-state index is 12.0. The van der Waals surface area contributed by atoms with Crippen molar-refractivity contribution in [2.24, 2.45) is 5.92 Å². The zero-order valence-corrected chi connectivity index (χ0v) is 12.7. The standard InChI is InChI=1S/C15H19ClN2O3/c1-2-10-5-6-18(8-10)9-14(19)17-13-7-11(15(20)21)3-4-12(13)16/h3-4,7,10H,2,5-6,8-9H2,1H3,(H,17,19)(H,20,21). The average Bonchev–Trinajstić information content (AvgIpc) is 2.88. The summed E-state index contributed by atoms with van der Waals surface area (Å²) in [5, 5.41) is 12.0. The number of hydrogen-bond donors (Lipinski definition) is 2. The lowest BCUT2D eigenvalue weighted by Crippen LogP contribution is -2.31. The van der Waals surface area contributed by atoms with E-state index in [0.29, 0.717) is 23.2 Å². The van der Waals surface area contributed by atoms with Crippen molar-refractivity contribution in [3.05, 3.63) is 28.8 Å². The third kappa shape index (κ3) is 4.19. The molecule has 0 aromatic heterocycles. The van der Waals surface area contributed by atoms with Gasteiger partial charge in [0, 0.05) is 6.54 Å². The van der Waals surface area contributed by atoms with Gasteiger partial charge in [0.25, 0.3) is 0 Å². The van der Waals surface area contributed by atoms with Gasteiger partial charge in [-0.3, -0.25) is 9.69 Å². The molecular weight excluding hydrogens is 292 g/mol. The van der Waals surface area contributed by atoms with Crippen LogP contribution in [-0.4, -0.2) is 41.5 Å². The molecule has 1 heterocycles. The Morgan fingerprint density at radius 2 is 2.24 bits per heavy atom. The van der Waals surface area contributed by atoms with Crippen molar-refractivity contribution < 1.29 is 14.7 Å². The molecule has 114 valence electrons. The fourth-order valence-electron chi connectivity index (χ4n) is 2.54. The minimum Gasteiger partial charge on any atom is -0.478 e. The molecule has 0 aliphatic carbocycles. The smallest absolute Gasteiger partial charge is 0.335 e. The summed E-state index contributed by atoms with van der Waals surface area (Å²) in [6.45, 7) is 4.33. The summed E-state index contributed by atoms with van der Waals surface area (Å²) in [6, 6.07) is 4.26. The number of nitrogens with one attached hydrogen (secondary N) is 1. The highest BCUT2D eigenvalue weighted by molar-refractivity contribution is 6.33. The average molecular weight is 311 g/mol. The summed E-state index contributed by atoms with van der Waals surface area (Å²) in [4.78, 5) is 25.1. The van der Waals surface area contributed by atoms with E-state index in [4.69, 9.17) is 16.7 Å². The molecule has 0 saturated carbocycles. The summed E-state index contributed by atoms with van der Waals surface area (Å²) in [7, 11) is 0. The van der Waals surface area contributed by atoms with Gasteiger partial charge in [-0.25, -0.2) is 4.79 Å². The molecule has 2 N–H and O–H groups in total. The lowest BCUT2D eigenvalue weighted by Gasteiger charge is -2.16. The zero-order chi connectivity index (χ0) is 15.4. The number of carboxylic acids is 1. The number of anilines is 1. The van der Waals surface area contributed by atoms with Crippen LogP contribution in [0, 0.1) is 5.92 Å². The van der Waals surface area contributed by atoms with Crippen LogP contribution < -0.4 is 5.32 Å². The third-order valence-corrected chi connectivity index (χ3v) is 4.13. The second kappa shape index (κ2) is 6.91. The largest absolute Gasteiger partial charge is 0.478 e. The van der Waals surface area contributed by atoms with E-state index in [1.54, 1.807) is 0 Å². The van der Waals surface area contributed by atoms with Crippen molar-refractivity contribution in [2.75, 3.05) is 25.0 Å². The molecule has 0 bridgehead atoms. The van der Waals surface area contributed by atoms with Gasteiger partial charge < -0.3 is 10.4 Å². The van der Waals surface area contributed by atoms with Crippen LogP contribution in [0.15, 0.2) is 18.2 Å². The Bertz CT molecular complexity index is 548. The number of benzene rings is 1. The molecule has 2 rings (SSSR count). The van der Waals surface area contributed by atoms with Gasteiger partial charge >= 0.3 is 5.97 Å². The van der Waals surface area contributed by atoms with E-state index < -0.39 is 5.97 Å². The lowest BCUT2D eigenvalue weighted by molar-refractivity contribution is -0.117. The molecule has 1 atom stereocenters. The highest BCUT2D eigenvalue weighted by atomic mass is 35.5. The van der Waals surface area contributed by atoms with Crippen molar-refractivity contribution in [2.45, 2.75) is 19.8 Å². The van der Waals surface area contributed by atoms with Crippen LogP contribution in [0.25, 0.3) is 0 Å². The number of likely N-dealkylation sites (tertiary alicyclic amines) is 1. The Labute approximate surface area is 128 Å². The van der Waals surface area contributed by atoms with E-state index >= 15 is 0 Å². The number of amides is 1. The highest BCUT2D eigenvalue weighted by Crippen LogP contribution is 2.23. The van der Waals surface area contributed by atoms with Crippen molar-refractivity contribution in [1.82, 2.24) is 4.90 Å². The van der Waals surface area contributed by atoms with Crippen LogP contribution >= 0.6 is 11.6 Å². The molecule has 6 heteroatoms. The van der Waals surface area contributed by atoms with E-state index in [1.165, 1.54) is 18.2 Å². The fourth-order valence-corrected chi connectivity index (χ4v) is 2.70. The van der Waals surface area contributed by atoms with Gasteiger partial charge in [-0.15, -0.1) is 0 Å². The number of rotatable bonds is 5. The van der Waals surface area contributed by atoms with E-state index in [0.717, 1.165) is 25.9 Å². The van der Waals surface area contributed by atoms with Crippen molar-refractivity contribution in [3.8, 4) is 0 Å². The summed E-state index contributed by atoms with van der Waals surface area (Å²) < 4.78 is 0. The molecule has 1 aromatic carbocycles. The van der Waals surface area contributed by atoms with E-state index in [-0.39, 0.29) is 11.5 Å². The van der Waals surface area contributed by atoms with Crippen molar-refractivity contribution in [3.63, 3.8) is 0 Å². The van der Waals surface area contributed by atoms with E-state index in [9.17, 15) is 9.59 Å². The molecular formula is C15H19ClN2O3. The molecule has 5 nitrogen and oxygen atoms in total. The van der Waals surface area contributed by atoms with Crippen LogP contribution in [0.5, 0.6) is 0 Å². The molecule has 1 amide bonds. The summed E-state index contributed by atoms with van der Waals surface area (Å²) in [5.41, 5.74) is 0.440. The normalized spacial score (nSPS) is 18.7. The van der Waals surface area contributed by atoms with Crippen molar-refractivity contribution in [1.29, 1.82) is 0 Å². The summed E-state index contributed by atoms with van der Waals surface area (Å²) in [5.74, 6) is -0.555. The monoisotopic (exact) mass is 310 g/mol. The Hall–Kier alpha value is -1.59. The first kappa shape index (κ1) is 15.8. The van der Waals surface area contributed by atoms with Crippen LogP contribution in [0.4, 0.5) is 5.69 Å². The summed E-state index contributed by atoms with van der Waals surface area (Å²) >= 11 is 5.99. The number of carbonyl (C=O) groups excluding carboxylic acids is 1. The maximum atomic E-state index is 12.0. The number of nitrogens with zero attached hydrogens (tertiary/aromatic N) is 1. The van der Waals surface area contributed by atoms with Gasteiger partial charge in [0.2, 0.25) is 5.91 Å². The predicted molar refractivity (Wildman–Crippen MR) is 81.9 cm³/mol. The second-order valence-corrected chi connectivity index (χ2v) is 5.75. The van der Waals surface area contributed by atoms with Crippen LogP contribution in [0.3, 0.4) is 0 Å². The van der Waals surface area contributed by atoms with E-state index in [2.05, 4.69) is 17.1 Å². The molecule has 1 fully saturated rings. The molecule has 0 radical (unpaired) electrons. The number of hydrogen-bond acceptors (Lipinski definition) is 3. The Balaban J connectivity index is 1.96. The number of carboxylic acid groups (broad SMARTS) is 1. The fraction of sp³-hybridized carbons (Fsp3) is 0.467. The molecule has 21 heavy (non-hydrogen) atoms. The van der Waals surface area contributed by atoms with Crippen LogP contribution in [-0.2, 0) is 4.79 Å². The Kier molecular flexibility index (Phi) is 5.20. The van der Waals surface area contributed by atoms with Crippen LogP contribution in [0.2, 0.25) is 5.02 Å². The second-order valence-electron chi connectivity index (χ2n) is 5.35. The first-order valence-electron chi connectivity index (χ1n) is 7.04. The van der Waals surface area contributed by atoms with E-state index in [1.807, 2.05) is 0 Å². The maximum Gasteiger partial charge on any atom is 0.335 e. The van der Waals surface area contributed by atoms with Gasteiger partial charge in [0.05, 0.1) is 22.8 Å². The molecule has 0 spiro atoms. The zero-order valence-electron chi connectivity index (χ0n) is 11.9. The predicted octanol–water partition coefficient (Wildman–Crippen LogP) is 2.71. The number of aromatic carboxylic acids is 1. The molecule has 1 aliphatic heterocycles. The first-order chi connectivity index (χ1) is 9.99. The summed E-state index contributed by atoms with van der Waals surface area (Å²) in [6.07, 6.45) is 2.25. The molecule has 1 unspecified atom stereocenters. The molecule has 1 saturated heterocycles. The Morgan fingerprint density at radius 1 is 1.48 bits per heavy atom.